The fourth-order valence-electron chi connectivity index (χ4n) is 1.25. The molecule has 0 N–H and O–H groups in total. The van der Waals surface area contributed by atoms with Crippen molar-refractivity contribution in [1.82, 2.24) is 4.90 Å². The quantitative estimate of drug-likeness (QED) is 0.581. The van der Waals surface area contributed by atoms with E-state index in [4.69, 9.17) is 11.6 Å². The summed E-state index contributed by atoms with van der Waals surface area (Å²) >= 11 is 5.58. The third kappa shape index (κ3) is 1.97. The minimum absolute atomic E-state index is 0.0845. The number of piperidine rings is 1. The molecule has 2 amide bonds. The van der Waals surface area contributed by atoms with Gasteiger partial charge in [-0.15, -0.1) is 11.6 Å². The van der Waals surface area contributed by atoms with Crippen LogP contribution in [-0.2, 0) is 9.59 Å². The Bertz CT molecular complexity index is 203. The Labute approximate surface area is 76.7 Å². The molecule has 68 valence electrons. The first-order chi connectivity index (χ1) is 5.63. The lowest BCUT2D eigenvalue weighted by Gasteiger charge is -2.25. The second-order valence-electron chi connectivity index (χ2n) is 2.96. The summed E-state index contributed by atoms with van der Waals surface area (Å²) in [5, 5.41) is -0.591. The normalized spacial score (nSPS) is 20.8. The zero-order valence-electron chi connectivity index (χ0n) is 7.05. The minimum atomic E-state index is -0.591. The third-order valence-corrected chi connectivity index (χ3v) is 2.12. The highest BCUT2D eigenvalue weighted by molar-refractivity contribution is 6.31. The van der Waals surface area contributed by atoms with Gasteiger partial charge in [-0.3, -0.25) is 14.5 Å². The molecule has 1 saturated heterocycles. The van der Waals surface area contributed by atoms with Gasteiger partial charge < -0.3 is 0 Å². The van der Waals surface area contributed by atoms with E-state index < -0.39 is 5.38 Å². The topological polar surface area (TPSA) is 37.4 Å². The zero-order chi connectivity index (χ0) is 9.14. The molecule has 0 radical (unpaired) electrons. The molecule has 12 heavy (non-hydrogen) atoms. The largest absolute Gasteiger partial charge is 0.281 e. The molecule has 4 heteroatoms. The maximum atomic E-state index is 11.3. The van der Waals surface area contributed by atoms with Gasteiger partial charge in [0.2, 0.25) is 11.8 Å². The molecule has 0 aromatic carbocycles. The number of carbonyl (C=O) groups excluding carboxylic acids is 2. The Morgan fingerprint density at radius 2 is 2.25 bits per heavy atom. The van der Waals surface area contributed by atoms with Crippen LogP contribution in [0.25, 0.3) is 0 Å². The molecule has 0 bridgehead atoms. The number of rotatable bonds is 1. The molecule has 1 atom stereocenters. The van der Waals surface area contributed by atoms with Gasteiger partial charge in [0.1, 0.15) is 5.38 Å². The number of likely N-dealkylation sites (tertiary alicyclic amines) is 1. The van der Waals surface area contributed by atoms with Gasteiger partial charge in [-0.05, 0) is 19.8 Å². The van der Waals surface area contributed by atoms with Crippen molar-refractivity contribution in [3.05, 3.63) is 0 Å². The summed E-state index contributed by atoms with van der Waals surface area (Å²) in [6.07, 6.45) is 2.27. The van der Waals surface area contributed by atoms with E-state index in [9.17, 15) is 9.59 Å². The fraction of sp³-hybridized carbons (Fsp3) is 0.750. The summed E-state index contributed by atoms with van der Waals surface area (Å²) in [6, 6.07) is 0. The van der Waals surface area contributed by atoms with Crippen LogP contribution in [0.1, 0.15) is 26.2 Å². The number of halogens is 1. The molecular formula is C8H12ClNO2. The molecule has 1 heterocycles. The fourth-order valence-corrected chi connectivity index (χ4v) is 1.37. The van der Waals surface area contributed by atoms with E-state index in [0.717, 1.165) is 12.8 Å². The van der Waals surface area contributed by atoms with E-state index in [-0.39, 0.29) is 11.8 Å². The van der Waals surface area contributed by atoms with E-state index in [0.29, 0.717) is 13.0 Å². The molecule has 0 aromatic heterocycles. The highest BCUT2D eigenvalue weighted by Gasteiger charge is 2.26. The second kappa shape index (κ2) is 3.90. The van der Waals surface area contributed by atoms with Gasteiger partial charge in [0.25, 0.3) is 0 Å². The van der Waals surface area contributed by atoms with Crippen molar-refractivity contribution in [2.45, 2.75) is 31.6 Å². The van der Waals surface area contributed by atoms with Crippen LogP contribution in [0.3, 0.4) is 0 Å². The Morgan fingerprint density at radius 1 is 1.58 bits per heavy atom. The van der Waals surface area contributed by atoms with E-state index >= 15 is 0 Å². The number of nitrogens with zero attached hydrogens (tertiary/aromatic N) is 1. The van der Waals surface area contributed by atoms with Crippen LogP contribution in [0.2, 0.25) is 0 Å². The van der Waals surface area contributed by atoms with Crippen molar-refractivity contribution in [1.29, 1.82) is 0 Å². The van der Waals surface area contributed by atoms with Crippen LogP contribution in [0.5, 0.6) is 0 Å². The molecule has 1 rings (SSSR count). The highest BCUT2D eigenvalue weighted by atomic mass is 35.5. The summed E-state index contributed by atoms with van der Waals surface area (Å²) in [5.41, 5.74) is 0. The van der Waals surface area contributed by atoms with Crippen LogP contribution in [0, 0.1) is 0 Å². The molecule has 1 aliphatic heterocycles. The molecule has 1 fully saturated rings. The molecule has 0 spiro atoms. The van der Waals surface area contributed by atoms with Crippen LogP contribution in [-0.4, -0.2) is 28.6 Å². The number of alkyl halides is 1. The maximum Gasteiger partial charge on any atom is 0.246 e. The summed E-state index contributed by atoms with van der Waals surface area (Å²) in [7, 11) is 0. The number of carbonyl (C=O) groups is 2. The molecule has 0 aromatic rings. The average Bonchev–Trinajstić information content (AvgIpc) is 2.04. The van der Waals surface area contributed by atoms with Gasteiger partial charge in [0.15, 0.2) is 0 Å². The van der Waals surface area contributed by atoms with Gasteiger partial charge in [-0.25, -0.2) is 0 Å². The Kier molecular flexibility index (Phi) is 3.09. The Hall–Kier alpha value is -0.570. The van der Waals surface area contributed by atoms with Crippen LogP contribution in [0.4, 0.5) is 0 Å². The lowest BCUT2D eigenvalue weighted by molar-refractivity contribution is -0.146. The lowest BCUT2D eigenvalue weighted by Crippen LogP contribution is -2.43. The number of hydrogen-bond acceptors (Lipinski definition) is 2. The smallest absolute Gasteiger partial charge is 0.246 e. The maximum absolute atomic E-state index is 11.3. The van der Waals surface area contributed by atoms with Crippen molar-refractivity contribution in [2.75, 3.05) is 6.54 Å². The lowest BCUT2D eigenvalue weighted by atomic mass is 10.1. The van der Waals surface area contributed by atoms with Crippen LogP contribution >= 0.6 is 11.6 Å². The first-order valence-corrected chi connectivity index (χ1v) is 4.55. The van der Waals surface area contributed by atoms with Gasteiger partial charge in [-0.1, -0.05) is 0 Å². The van der Waals surface area contributed by atoms with Crippen molar-refractivity contribution >= 4 is 23.4 Å². The summed E-state index contributed by atoms with van der Waals surface area (Å²) in [5.74, 6) is -0.347. The summed E-state index contributed by atoms with van der Waals surface area (Å²) < 4.78 is 0. The highest BCUT2D eigenvalue weighted by Crippen LogP contribution is 2.13. The van der Waals surface area contributed by atoms with E-state index in [1.807, 2.05) is 0 Å². The second-order valence-corrected chi connectivity index (χ2v) is 3.61. The van der Waals surface area contributed by atoms with E-state index in [2.05, 4.69) is 0 Å². The Balaban J connectivity index is 2.60. The first-order valence-electron chi connectivity index (χ1n) is 4.11. The van der Waals surface area contributed by atoms with Crippen molar-refractivity contribution in [2.24, 2.45) is 0 Å². The molecular weight excluding hydrogens is 178 g/mol. The number of amides is 2. The monoisotopic (exact) mass is 189 g/mol. The molecule has 3 nitrogen and oxygen atoms in total. The Morgan fingerprint density at radius 3 is 2.75 bits per heavy atom. The van der Waals surface area contributed by atoms with Gasteiger partial charge >= 0.3 is 0 Å². The molecule has 0 saturated carbocycles. The minimum Gasteiger partial charge on any atom is -0.281 e. The SMILES string of the molecule is CC(Cl)C(=O)N1CCCCC1=O. The van der Waals surface area contributed by atoms with E-state index in [1.54, 1.807) is 6.92 Å². The predicted octanol–water partition coefficient (Wildman–Crippen LogP) is 1.15. The summed E-state index contributed by atoms with van der Waals surface area (Å²) in [6.45, 7) is 2.13. The van der Waals surface area contributed by atoms with Crippen molar-refractivity contribution in [3.8, 4) is 0 Å². The average molecular weight is 190 g/mol. The third-order valence-electron chi connectivity index (χ3n) is 1.93. The molecule has 0 aliphatic carbocycles. The van der Waals surface area contributed by atoms with E-state index in [1.165, 1.54) is 4.90 Å². The molecule has 1 aliphatic rings. The molecule has 1 unspecified atom stereocenters. The van der Waals surface area contributed by atoms with Crippen molar-refractivity contribution < 1.29 is 9.59 Å². The van der Waals surface area contributed by atoms with Gasteiger partial charge in [0.05, 0.1) is 0 Å². The first kappa shape index (κ1) is 9.52. The number of imide groups is 1. The van der Waals surface area contributed by atoms with Crippen LogP contribution < -0.4 is 0 Å². The van der Waals surface area contributed by atoms with Gasteiger partial charge in [-0.2, -0.15) is 0 Å². The van der Waals surface area contributed by atoms with Gasteiger partial charge in [0, 0.05) is 13.0 Å². The van der Waals surface area contributed by atoms with Crippen LogP contribution in [0.15, 0.2) is 0 Å². The zero-order valence-corrected chi connectivity index (χ0v) is 7.80. The van der Waals surface area contributed by atoms with Crippen molar-refractivity contribution in [3.63, 3.8) is 0 Å². The standard InChI is InChI=1S/C8H12ClNO2/c1-6(9)8(12)10-5-3-2-4-7(10)11/h6H,2-5H2,1H3. The number of hydrogen-bond donors (Lipinski definition) is 0. The summed E-state index contributed by atoms with van der Waals surface area (Å²) in [4.78, 5) is 23.7. The predicted molar refractivity (Wildman–Crippen MR) is 45.9 cm³/mol.